The Kier molecular flexibility index (Phi) is 6.17. The molecule has 2 aromatic carbocycles. The van der Waals surface area contributed by atoms with Crippen molar-refractivity contribution in [1.29, 1.82) is 0 Å². The standard InChI is InChI=1S/C18H22N2O4S/c1-4-24-17-9-5-15(6-10-17)13(2)20-25(22,23)18-11-7-16(8-12-18)19-14(3)21/h5-13,20H,4H2,1-3H3,(H,19,21). The van der Waals surface area contributed by atoms with Crippen LogP contribution < -0.4 is 14.8 Å². The fourth-order valence-electron chi connectivity index (χ4n) is 2.31. The SMILES string of the molecule is CCOc1ccc(C(C)NS(=O)(=O)c2ccc(NC(C)=O)cc2)cc1. The second kappa shape index (κ2) is 8.13. The topological polar surface area (TPSA) is 84.5 Å². The first-order chi connectivity index (χ1) is 11.8. The molecule has 1 amide bonds. The Labute approximate surface area is 148 Å². The molecule has 25 heavy (non-hydrogen) atoms. The Bertz CT molecular complexity index is 815. The fraction of sp³-hybridized carbons (Fsp3) is 0.278. The number of amides is 1. The van der Waals surface area contributed by atoms with Gasteiger partial charge in [0.15, 0.2) is 0 Å². The van der Waals surface area contributed by atoms with Crippen LogP contribution in [0.5, 0.6) is 5.75 Å². The minimum Gasteiger partial charge on any atom is -0.494 e. The lowest BCUT2D eigenvalue weighted by molar-refractivity contribution is -0.114. The smallest absolute Gasteiger partial charge is 0.241 e. The van der Waals surface area contributed by atoms with E-state index in [-0.39, 0.29) is 10.8 Å². The summed E-state index contributed by atoms with van der Waals surface area (Å²) in [6, 6.07) is 12.9. The Hall–Kier alpha value is -2.38. The average molecular weight is 362 g/mol. The molecule has 0 aromatic heterocycles. The second-order valence-corrected chi connectivity index (χ2v) is 7.26. The van der Waals surface area contributed by atoms with Crippen molar-refractivity contribution in [3.05, 3.63) is 54.1 Å². The number of ether oxygens (including phenoxy) is 1. The molecule has 6 nitrogen and oxygen atoms in total. The number of carbonyl (C=O) groups excluding carboxylic acids is 1. The van der Waals surface area contributed by atoms with E-state index in [0.717, 1.165) is 11.3 Å². The van der Waals surface area contributed by atoms with Crippen molar-refractivity contribution in [3.8, 4) is 5.75 Å². The van der Waals surface area contributed by atoms with Gasteiger partial charge >= 0.3 is 0 Å². The minimum atomic E-state index is -3.67. The van der Waals surface area contributed by atoms with Crippen LogP contribution >= 0.6 is 0 Å². The number of hydrogen-bond donors (Lipinski definition) is 2. The molecule has 134 valence electrons. The van der Waals surface area contributed by atoms with Crippen molar-refractivity contribution in [2.45, 2.75) is 31.7 Å². The maximum Gasteiger partial charge on any atom is 0.241 e. The van der Waals surface area contributed by atoms with Crippen molar-refractivity contribution < 1.29 is 17.9 Å². The number of hydrogen-bond acceptors (Lipinski definition) is 4. The second-order valence-electron chi connectivity index (χ2n) is 5.55. The number of anilines is 1. The lowest BCUT2D eigenvalue weighted by Gasteiger charge is -2.15. The zero-order valence-corrected chi connectivity index (χ0v) is 15.3. The maximum atomic E-state index is 12.5. The molecule has 0 heterocycles. The summed E-state index contributed by atoms with van der Waals surface area (Å²) in [4.78, 5) is 11.2. The molecular weight excluding hydrogens is 340 g/mol. The molecule has 1 atom stereocenters. The molecular formula is C18H22N2O4S. The van der Waals surface area contributed by atoms with E-state index >= 15 is 0 Å². The number of sulfonamides is 1. The highest BCUT2D eigenvalue weighted by molar-refractivity contribution is 7.89. The Morgan fingerprint density at radius 1 is 1.08 bits per heavy atom. The average Bonchev–Trinajstić information content (AvgIpc) is 2.55. The van der Waals surface area contributed by atoms with Crippen LogP contribution in [-0.2, 0) is 14.8 Å². The highest BCUT2D eigenvalue weighted by Gasteiger charge is 2.18. The van der Waals surface area contributed by atoms with Crippen molar-refractivity contribution in [2.75, 3.05) is 11.9 Å². The molecule has 0 bridgehead atoms. The van der Waals surface area contributed by atoms with Crippen LogP contribution in [0.25, 0.3) is 0 Å². The predicted octanol–water partition coefficient (Wildman–Crippen LogP) is 3.08. The van der Waals surface area contributed by atoms with Gasteiger partial charge in [0.2, 0.25) is 15.9 Å². The van der Waals surface area contributed by atoms with E-state index in [1.54, 1.807) is 19.1 Å². The van der Waals surface area contributed by atoms with Gasteiger partial charge in [0, 0.05) is 18.7 Å². The molecule has 1 unspecified atom stereocenters. The van der Waals surface area contributed by atoms with Crippen LogP contribution in [0.1, 0.15) is 32.4 Å². The van der Waals surface area contributed by atoms with Gasteiger partial charge in [0.1, 0.15) is 5.75 Å². The molecule has 0 aliphatic carbocycles. The van der Waals surface area contributed by atoms with Crippen LogP contribution in [0, 0.1) is 0 Å². The largest absolute Gasteiger partial charge is 0.494 e. The molecule has 0 radical (unpaired) electrons. The van der Waals surface area contributed by atoms with E-state index in [0.29, 0.717) is 12.3 Å². The number of benzene rings is 2. The molecule has 2 N–H and O–H groups in total. The molecule has 0 saturated carbocycles. The third kappa shape index (κ3) is 5.30. The van der Waals surface area contributed by atoms with E-state index in [1.807, 2.05) is 31.2 Å². The summed E-state index contributed by atoms with van der Waals surface area (Å²) in [6.45, 7) is 5.65. The fourth-order valence-corrected chi connectivity index (χ4v) is 3.54. The molecule has 0 aliphatic rings. The van der Waals surface area contributed by atoms with Gasteiger partial charge in [0.25, 0.3) is 0 Å². The first-order valence-electron chi connectivity index (χ1n) is 7.94. The van der Waals surface area contributed by atoms with E-state index < -0.39 is 16.1 Å². The van der Waals surface area contributed by atoms with Gasteiger partial charge in [-0.2, -0.15) is 0 Å². The molecule has 0 spiro atoms. The monoisotopic (exact) mass is 362 g/mol. The van der Waals surface area contributed by atoms with Crippen molar-refractivity contribution in [3.63, 3.8) is 0 Å². The third-order valence-corrected chi connectivity index (χ3v) is 5.06. The molecule has 0 fully saturated rings. The number of nitrogens with one attached hydrogen (secondary N) is 2. The van der Waals surface area contributed by atoms with Gasteiger partial charge < -0.3 is 10.1 Å². The van der Waals surface area contributed by atoms with E-state index in [9.17, 15) is 13.2 Å². The highest BCUT2D eigenvalue weighted by Crippen LogP contribution is 2.21. The Balaban J connectivity index is 2.10. The molecule has 2 aromatic rings. The Morgan fingerprint density at radius 2 is 1.68 bits per heavy atom. The van der Waals surface area contributed by atoms with Gasteiger partial charge in [-0.3, -0.25) is 4.79 Å². The summed E-state index contributed by atoms with van der Waals surface area (Å²) >= 11 is 0. The quantitative estimate of drug-likeness (QED) is 0.793. The van der Waals surface area contributed by atoms with E-state index in [4.69, 9.17) is 4.74 Å². The highest BCUT2D eigenvalue weighted by atomic mass is 32.2. The lowest BCUT2D eigenvalue weighted by atomic mass is 10.1. The maximum absolute atomic E-state index is 12.5. The van der Waals surface area contributed by atoms with Crippen molar-refractivity contribution in [1.82, 2.24) is 4.72 Å². The van der Waals surface area contributed by atoms with Crippen LogP contribution in [0.2, 0.25) is 0 Å². The van der Waals surface area contributed by atoms with Gasteiger partial charge in [-0.25, -0.2) is 13.1 Å². The minimum absolute atomic E-state index is 0.138. The van der Waals surface area contributed by atoms with Crippen LogP contribution in [0.4, 0.5) is 5.69 Å². The summed E-state index contributed by atoms with van der Waals surface area (Å²) in [5.41, 5.74) is 1.38. The normalized spacial score (nSPS) is 12.4. The zero-order chi connectivity index (χ0) is 18.4. The summed E-state index contributed by atoms with van der Waals surface area (Å²) in [5.74, 6) is 0.535. The Morgan fingerprint density at radius 3 is 2.20 bits per heavy atom. The van der Waals surface area contributed by atoms with Crippen LogP contribution in [0.3, 0.4) is 0 Å². The van der Waals surface area contributed by atoms with Crippen molar-refractivity contribution >= 4 is 21.6 Å². The summed E-state index contributed by atoms with van der Waals surface area (Å²) < 4.78 is 33.0. The van der Waals surface area contributed by atoms with Gasteiger partial charge in [-0.05, 0) is 55.8 Å². The van der Waals surface area contributed by atoms with Crippen LogP contribution in [0.15, 0.2) is 53.4 Å². The summed E-state index contributed by atoms with van der Waals surface area (Å²) in [5, 5.41) is 2.60. The predicted molar refractivity (Wildman–Crippen MR) is 97.1 cm³/mol. The lowest BCUT2D eigenvalue weighted by Crippen LogP contribution is -2.26. The van der Waals surface area contributed by atoms with E-state index in [1.165, 1.54) is 19.1 Å². The summed E-state index contributed by atoms with van der Waals surface area (Å²) in [7, 11) is -3.67. The molecule has 2 rings (SSSR count). The zero-order valence-electron chi connectivity index (χ0n) is 14.4. The summed E-state index contributed by atoms with van der Waals surface area (Å²) in [6.07, 6.45) is 0. The first kappa shape index (κ1) is 19.0. The number of rotatable bonds is 7. The van der Waals surface area contributed by atoms with Crippen molar-refractivity contribution in [2.24, 2.45) is 0 Å². The van der Waals surface area contributed by atoms with Crippen LogP contribution in [-0.4, -0.2) is 20.9 Å². The van der Waals surface area contributed by atoms with E-state index in [2.05, 4.69) is 10.0 Å². The third-order valence-electron chi connectivity index (χ3n) is 3.51. The van der Waals surface area contributed by atoms with Gasteiger partial charge in [-0.1, -0.05) is 12.1 Å². The molecule has 0 aliphatic heterocycles. The first-order valence-corrected chi connectivity index (χ1v) is 9.43. The van der Waals surface area contributed by atoms with Gasteiger partial charge in [0.05, 0.1) is 11.5 Å². The molecule has 0 saturated heterocycles. The molecule has 7 heteroatoms. The number of carbonyl (C=O) groups is 1. The van der Waals surface area contributed by atoms with Gasteiger partial charge in [-0.15, -0.1) is 0 Å².